The molecule has 0 radical (unpaired) electrons. The third-order valence-electron chi connectivity index (χ3n) is 3.43. The number of aryl methyl sites for hydroxylation is 1. The van der Waals surface area contributed by atoms with Crippen LogP contribution in [0.15, 0.2) is 54.7 Å². The zero-order valence-corrected chi connectivity index (χ0v) is 14.9. The summed E-state index contributed by atoms with van der Waals surface area (Å²) in [6.07, 6.45) is 1.76. The summed E-state index contributed by atoms with van der Waals surface area (Å²) in [7, 11) is 1.79. The van der Waals surface area contributed by atoms with Gasteiger partial charge in [-0.05, 0) is 35.9 Å². The quantitative estimate of drug-likeness (QED) is 0.710. The highest BCUT2D eigenvalue weighted by Gasteiger charge is 2.09. The third kappa shape index (κ3) is 4.53. The van der Waals surface area contributed by atoms with E-state index in [1.807, 2.05) is 6.07 Å². The predicted octanol–water partition coefficient (Wildman–Crippen LogP) is 4.56. The number of carbonyl (C=O) groups excluding carboxylic acids is 1. The Morgan fingerprint density at radius 3 is 2.76 bits per heavy atom. The predicted molar refractivity (Wildman–Crippen MR) is 98.4 cm³/mol. The molecule has 3 rings (SSSR count). The summed E-state index contributed by atoms with van der Waals surface area (Å²) in [6.45, 7) is 0.284. The minimum atomic E-state index is -0.231. The number of hydrogen-bond donors (Lipinski definition) is 1. The van der Waals surface area contributed by atoms with Crippen LogP contribution in [0.3, 0.4) is 0 Å². The van der Waals surface area contributed by atoms with Crippen LogP contribution in [-0.4, -0.2) is 15.7 Å². The number of amides is 1. The molecule has 0 aliphatic heterocycles. The topological polar surface area (TPSA) is 56.2 Å². The second-order valence-electron chi connectivity index (χ2n) is 5.39. The second-order valence-corrected chi connectivity index (χ2v) is 6.24. The Labute approximate surface area is 155 Å². The first-order valence-electron chi connectivity index (χ1n) is 7.49. The van der Waals surface area contributed by atoms with Crippen molar-refractivity contribution in [3.8, 4) is 5.75 Å². The van der Waals surface area contributed by atoms with E-state index >= 15 is 0 Å². The van der Waals surface area contributed by atoms with Crippen molar-refractivity contribution in [3.05, 3.63) is 75.9 Å². The molecule has 0 aliphatic rings. The second kappa shape index (κ2) is 7.59. The number of carbonyl (C=O) groups is 1. The van der Waals surface area contributed by atoms with Crippen LogP contribution in [0.1, 0.15) is 15.9 Å². The van der Waals surface area contributed by atoms with Crippen LogP contribution in [0.25, 0.3) is 0 Å². The fraction of sp³-hybridized carbons (Fsp3) is 0.111. The summed E-state index contributed by atoms with van der Waals surface area (Å²) in [5, 5.41) is 7.86. The van der Waals surface area contributed by atoms with Gasteiger partial charge in [0.05, 0.1) is 5.02 Å². The number of nitrogens with one attached hydrogen (secondary N) is 1. The van der Waals surface area contributed by atoms with Gasteiger partial charge in [0.15, 0.2) is 5.82 Å². The van der Waals surface area contributed by atoms with E-state index in [9.17, 15) is 4.79 Å². The number of benzene rings is 2. The lowest BCUT2D eigenvalue weighted by molar-refractivity contribution is 0.102. The summed E-state index contributed by atoms with van der Waals surface area (Å²) in [4.78, 5) is 12.3. The maximum Gasteiger partial charge on any atom is 0.256 e. The molecule has 1 aromatic heterocycles. The molecular formula is C18H15Cl2N3O2. The summed E-state index contributed by atoms with van der Waals surface area (Å²) in [5.41, 5.74) is 1.37. The number of nitrogens with zero attached hydrogens (tertiary/aromatic N) is 2. The Kier molecular flexibility index (Phi) is 5.26. The lowest BCUT2D eigenvalue weighted by atomic mass is 10.1. The zero-order valence-electron chi connectivity index (χ0n) is 13.4. The lowest BCUT2D eigenvalue weighted by Crippen LogP contribution is -2.13. The highest BCUT2D eigenvalue weighted by atomic mass is 35.5. The van der Waals surface area contributed by atoms with Crippen LogP contribution in [0.4, 0.5) is 5.82 Å². The number of ether oxygens (including phenoxy) is 1. The van der Waals surface area contributed by atoms with Crippen molar-refractivity contribution in [2.24, 2.45) is 7.05 Å². The van der Waals surface area contributed by atoms with Crippen LogP contribution < -0.4 is 10.1 Å². The molecule has 0 saturated carbocycles. The molecule has 0 aliphatic carbocycles. The van der Waals surface area contributed by atoms with Crippen LogP contribution >= 0.6 is 23.2 Å². The first-order valence-corrected chi connectivity index (χ1v) is 8.24. The van der Waals surface area contributed by atoms with Gasteiger partial charge in [-0.2, -0.15) is 5.10 Å². The molecular weight excluding hydrogens is 361 g/mol. The first kappa shape index (κ1) is 17.3. The maximum atomic E-state index is 12.3. The number of aromatic nitrogens is 2. The molecule has 7 heteroatoms. The van der Waals surface area contributed by atoms with Gasteiger partial charge in [0.2, 0.25) is 0 Å². The van der Waals surface area contributed by atoms with Gasteiger partial charge in [-0.15, -0.1) is 0 Å². The summed E-state index contributed by atoms with van der Waals surface area (Å²) in [5.74, 6) is 0.807. The van der Waals surface area contributed by atoms with E-state index in [0.717, 1.165) is 5.56 Å². The number of hydrogen-bond acceptors (Lipinski definition) is 3. The third-order valence-corrected chi connectivity index (χ3v) is 3.96. The molecule has 25 heavy (non-hydrogen) atoms. The summed E-state index contributed by atoms with van der Waals surface area (Å²) < 4.78 is 7.32. The van der Waals surface area contributed by atoms with Crippen molar-refractivity contribution in [3.63, 3.8) is 0 Å². The molecule has 3 aromatic rings. The van der Waals surface area contributed by atoms with Crippen molar-refractivity contribution in [1.29, 1.82) is 0 Å². The number of halogens is 2. The first-order chi connectivity index (χ1) is 12.0. The molecule has 0 saturated heterocycles. The molecule has 5 nitrogen and oxygen atoms in total. The van der Waals surface area contributed by atoms with E-state index in [2.05, 4.69) is 10.4 Å². The van der Waals surface area contributed by atoms with E-state index in [1.54, 1.807) is 60.4 Å². The van der Waals surface area contributed by atoms with E-state index in [1.165, 1.54) is 0 Å². The number of anilines is 1. The van der Waals surface area contributed by atoms with E-state index < -0.39 is 0 Å². The lowest BCUT2D eigenvalue weighted by Gasteiger charge is -2.09. The molecule has 1 N–H and O–H groups in total. The SMILES string of the molecule is Cn1ccc(NC(=O)c2cccc(COc3ccc(Cl)cc3Cl)c2)n1. The van der Waals surface area contributed by atoms with Crippen molar-refractivity contribution in [2.75, 3.05) is 5.32 Å². The van der Waals surface area contributed by atoms with Gasteiger partial charge in [-0.1, -0.05) is 35.3 Å². The van der Waals surface area contributed by atoms with Crippen LogP contribution in [0.5, 0.6) is 5.75 Å². The monoisotopic (exact) mass is 375 g/mol. The zero-order chi connectivity index (χ0) is 17.8. The average Bonchev–Trinajstić information content (AvgIpc) is 2.99. The standard InChI is InChI=1S/C18H15Cl2N3O2/c1-23-8-7-17(22-23)21-18(24)13-4-2-3-12(9-13)11-25-16-6-5-14(19)10-15(16)20/h2-10H,11H2,1H3,(H,21,22,24). The van der Waals surface area contributed by atoms with Crippen molar-refractivity contribution in [2.45, 2.75) is 6.61 Å². The van der Waals surface area contributed by atoms with E-state index in [-0.39, 0.29) is 12.5 Å². The van der Waals surface area contributed by atoms with Crippen LogP contribution in [0.2, 0.25) is 10.0 Å². The molecule has 2 aromatic carbocycles. The Morgan fingerprint density at radius 1 is 1.20 bits per heavy atom. The summed E-state index contributed by atoms with van der Waals surface area (Å²) in [6, 6.07) is 13.9. The molecule has 0 bridgehead atoms. The largest absolute Gasteiger partial charge is 0.487 e. The summed E-state index contributed by atoms with van der Waals surface area (Å²) >= 11 is 12.0. The Morgan fingerprint density at radius 2 is 2.04 bits per heavy atom. The van der Waals surface area contributed by atoms with Gasteiger partial charge in [-0.25, -0.2) is 0 Å². The van der Waals surface area contributed by atoms with E-state index in [0.29, 0.717) is 27.2 Å². The highest BCUT2D eigenvalue weighted by Crippen LogP contribution is 2.28. The van der Waals surface area contributed by atoms with Gasteiger partial charge in [-0.3, -0.25) is 9.48 Å². The van der Waals surface area contributed by atoms with Crippen LogP contribution in [-0.2, 0) is 13.7 Å². The molecule has 0 atom stereocenters. The molecule has 128 valence electrons. The average molecular weight is 376 g/mol. The minimum absolute atomic E-state index is 0.231. The fourth-order valence-corrected chi connectivity index (χ4v) is 2.69. The Hall–Kier alpha value is -2.50. The number of rotatable bonds is 5. The Balaban J connectivity index is 1.67. The van der Waals surface area contributed by atoms with Crippen molar-refractivity contribution in [1.82, 2.24) is 9.78 Å². The van der Waals surface area contributed by atoms with Gasteiger partial charge < -0.3 is 10.1 Å². The smallest absolute Gasteiger partial charge is 0.256 e. The van der Waals surface area contributed by atoms with Crippen molar-refractivity contribution >= 4 is 34.9 Å². The van der Waals surface area contributed by atoms with Gasteiger partial charge in [0, 0.05) is 29.9 Å². The van der Waals surface area contributed by atoms with E-state index in [4.69, 9.17) is 27.9 Å². The van der Waals surface area contributed by atoms with Crippen molar-refractivity contribution < 1.29 is 9.53 Å². The van der Waals surface area contributed by atoms with Gasteiger partial charge in [0.25, 0.3) is 5.91 Å². The maximum absolute atomic E-state index is 12.3. The normalized spacial score (nSPS) is 10.5. The van der Waals surface area contributed by atoms with Crippen LogP contribution in [0, 0.1) is 0 Å². The Bertz CT molecular complexity index is 909. The molecule has 0 fully saturated rings. The highest BCUT2D eigenvalue weighted by molar-refractivity contribution is 6.35. The molecule has 1 amide bonds. The molecule has 0 spiro atoms. The fourth-order valence-electron chi connectivity index (χ4n) is 2.23. The minimum Gasteiger partial charge on any atom is -0.487 e. The van der Waals surface area contributed by atoms with Gasteiger partial charge >= 0.3 is 0 Å². The van der Waals surface area contributed by atoms with Gasteiger partial charge in [0.1, 0.15) is 12.4 Å². The molecule has 0 unspecified atom stereocenters. The molecule has 1 heterocycles.